The molecule has 0 aliphatic carbocycles. The summed E-state index contributed by atoms with van der Waals surface area (Å²) in [5.74, 6) is -1.18. The van der Waals surface area contributed by atoms with Crippen molar-refractivity contribution in [1.29, 1.82) is 0 Å². The smallest absolute Gasteiger partial charge is 0.305 e. The van der Waals surface area contributed by atoms with E-state index in [9.17, 15) is 9.59 Å². The number of carbonyl (C=O) groups excluding carboxylic acids is 1. The molecule has 0 rings (SSSR count). The van der Waals surface area contributed by atoms with Crippen molar-refractivity contribution in [1.82, 2.24) is 0 Å². The maximum Gasteiger partial charge on any atom is 0.305 e. The number of ether oxygens (including phenoxy) is 6. The van der Waals surface area contributed by atoms with Gasteiger partial charge in [0.25, 0.3) is 0 Å². The van der Waals surface area contributed by atoms with Crippen molar-refractivity contribution < 1.29 is 43.1 Å². The highest BCUT2D eigenvalue weighted by atomic mass is 16.6. The van der Waals surface area contributed by atoms with Gasteiger partial charge in [0.15, 0.2) is 0 Å². The molecule has 0 saturated carbocycles. The molecular formula is C29H56O9. The minimum Gasteiger partial charge on any atom is -0.481 e. The van der Waals surface area contributed by atoms with E-state index in [-0.39, 0.29) is 25.4 Å². The van der Waals surface area contributed by atoms with Crippen molar-refractivity contribution in [2.75, 3.05) is 72.7 Å². The lowest BCUT2D eigenvalue weighted by molar-refractivity contribution is -0.146. The third-order valence-electron chi connectivity index (χ3n) is 5.89. The molecule has 226 valence electrons. The van der Waals surface area contributed by atoms with Gasteiger partial charge in [0.05, 0.1) is 59.5 Å². The summed E-state index contributed by atoms with van der Waals surface area (Å²) in [5.41, 5.74) is 0. The third-order valence-corrected chi connectivity index (χ3v) is 5.89. The van der Waals surface area contributed by atoms with Gasteiger partial charge >= 0.3 is 11.9 Å². The third kappa shape index (κ3) is 32.8. The van der Waals surface area contributed by atoms with Crippen LogP contribution in [0.25, 0.3) is 0 Å². The lowest BCUT2D eigenvalue weighted by atomic mass is 10.1. The Labute approximate surface area is 231 Å². The number of rotatable bonds is 32. The average molecular weight is 549 g/mol. The molecule has 0 spiro atoms. The fourth-order valence-corrected chi connectivity index (χ4v) is 3.68. The van der Waals surface area contributed by atoms with E-state index in [1.165, 1.54) is 64.2 Å². The summed E-state index contributed by atoms with van der Waals surface area (Å²) in [5, 5.41) is 8.53. The van der Waals surface area contributed by atoms with Crippen LogP contribution in [0.2, 0.25) is 0 Å². The SMILES string of the molecule is CCCCCCCCCCCCCOCCOCCOCCOCCOCCOC(=O)CCCCC(=O)O. The van der Waals surface area contributed by atoms with Gasteiger partial charge < -0.3 is 33.5 Å². The predicted octanol–water partition coefficient (Wildman–Crippen LogP) is 5.57. The number of esters is 1. The van der Waals surface area contributed by atoms with Gasteiger partial charge in [-0.15, -0.1) is 0 Å². The zero-order valence-electron chi connectivity index (χ0n) is 24.1. The van der Waals surface area contributed by atoms with Crippen molar-refractivity contribution in [3.05, 3.63) is 0 Å². The molecule has 38 heavy (non-hydrogen) atoms. The van der Waals surface area contributed by atoms with E-state index in [0.29, 0.717) is 72.3 Å². The zero-order chi connectivity index (χ0) is 27.8. The van der Waals surface area contributed by atoms with Crippen LogP contribution < -0.4 is 0 Å². The molecule has 0 unspecified atom stereocenters. The van der Waals surface area contributed by atoms with Gasteiger partial charge in [-0.2, -0.15) is 0 Å². The molecule has 9 heteroatoms. The molecule has 9 nitrogen and oxygen atoms in total. The monoisotopic (exact) mass is 548 g/mol. The second-order valence-electron chi connectivity index (χ2n) is 9.42. The van der Waals surface area contributed by atoms with Gasteiger partial charge in [-0.25, -0.2) is 0 Å². The predicted molar refractivity (Wildman–Crippen MR) is 148 cm³/mol. The summed E-state index contributed by atoms with van der Waals surface area (Å²) < 4.78 is 32.4. The number of unbranched alkanes of at least 4 members (excludes halogenated alkanes) is 11. The molecule has 0 aromatic carbocycles. The molecule has 0 amide bonds. The minimum absolute atomic E-state index is 0.0736. The molecule has 0 radical (unpaired) electrons. The normalized spacial score (nSPS) is 11.2. The Hall–Kier alpha value is -1.26. The molecule has 0 aliphatic rings. The van der Waals surface area contributed by atoms with E-state index in [1.54, 1.807) is 0 Å². The first-order valence-electron chi connectivity index (χ1n) is 14.9. The Balaban J connectivity index is 3.09. The molecule has 0 fully saturated rings. The Kier molecular flexibility index (Phi) is 30.9. The fourth-order valence-electron chi connectivity index (χ4n) is 3.68. The molecule has 0 aromatic heterocycles. The van der Waals surface area contributed by atoms with Crippen LogP contribution in [0.5, 0.6) is 0 Å². The number of aliphatic carboxylic acids is 1. The Morgan fingerprint density at radius 3 is 1.26 bits per heavy atom. The molecule has 0 bridgehead atoms. The molecule has 0 saturated heterocycles. The van der Waals surface area contributed by atoms with Crippen molar-refractivity contribution in [2.45, 2.75) is 103 Å². The fraction of sp³-hybridized carbons (Fsp3) is 0.931. The van der Waals surface area contributed by atoms with Crippen LogP contribution in [0.1, 0.15) is 103 Å². The number of carboxylic acids is 1. The van der Waals surface area contributed by atoms with E-state index in [0.717, 1.165) is 13.0 Å². The quantitative estimate of drug-likeness (QED) is 0.0852. The van der Waals surface area contributed by atoms with Crippen LogP contribution in [0.15, 0.2) is 0 Å². The van der Waals surface area contributed by atoms with Crippen molar-refractivity contribution >= 4 is 11.9 Å². The molecule has 0 atom stereocenters. The number of carbonyl (C=O) groups is 2. The molecule has 0 aliphatic heterocycles. The Bertz CT molecular complexity index is 502. The van der Waals surface area contributed by atoms with E-state index in [2.05, 4.69) is 6.92 Å². The molecule has 1 N–H and O–H groups in total. The van der Waals surface area contributed by atoms with Crippen molar-refractivity contribution in [2.24, 2.45) is 0 Å². The van der Waals surface area contributed by atoms with Gasteiger partial charge in [-0.3, -0.25) is 9.59 Å². The second kappa shape index (κ2) is 32.0. The molecule has 0 heterocycles. The van der Waals surface area contributed by atoms with Crippen LogP contribution in [0.3, 0.4) is 0 Å². The average Bonchev–Trinajstić information content (AvgIpc) is 2.90. The highest BCUT2D eigenvalue weighted by Crippen LogP contribution is 2.11. The van der Waals surface area contributed by atoms with Gasteiger partial charge in [-0.1, -0.05) is 71.1 Å². The minimum atomic E-state index is -0.851. The van der Waals surface area contributed by atoms with Gasteiger partial charge in [0.1, 0.15) is 6.61 Å². The van der Waals surface area contributed by atoms with E-state index >= 15 is 0 Å². The van der Waals surface area contributed by atoms with Crippen LogP contribution in [-0.2, 0) is 38.0 Å². The number of carboxylic acid groups (broad SMARTS) is 1. The molecular weight excluding hydrogens is 492 g/mol. The first-order valence-corrected chi connectivity index (χ1v) is 14.9. The first-order chi connectivity index (χ1) is 18.7. The standard InChI is InChI=1S/C29H56O9/c1-2-3-4-5-6-7-8-9-10-11-14-17-33-18-19-34-20-21-35-22-23-36-24-25-37-26-27-38-29(32)16-13-12-15-28(30)31/h2-27H2,1H3,(H,30,31). The van der Waals surface area contributed by atoms with Crippen LogP contribution in [0.4, 0.5) is 0 Å². The van der Waals surface area contributed by atoms with E-state index in [1.807, 2.05) is 0 Å². The van der Waals surface area contributed by atoms with Crippen LogP contribution in [-0.4, -0.2) is 89.7 Å². The number of hydrogen-bond donors (Lipinski definition) is 1. The maximum atomic E-state index is 11.5. The number of hydrogen-bond acceptors (Lipinski definition) is 8. The van der Waals surface area contributed by atoms with Crippen LogP contribution >= 0.6 is 0 Å². The summed E-state index contributed by atoms with van der Waals surface area (Å²) in [7, 11) is 0. The summed E-state index contributed by atoms with van der Waals surface area (Å²) in [6, 6.07) is 0. The summed E-state index contributed by atoms with van der Waals surface area (Å²) >= 11 is 0. The lowest BCUT2D eigenvalue weighted by Crippen LogP contribution is -2.15. The topological polar surface area (TPSA) is 110 Å². The summed E-state index contributed by atoms with van der Waals surface area (Å²) in [6.45, 7) is 7.71. The van der Waals surface area contributed by atoms with Crippen molar-refractivity contribution in [3.8, 4) is 0 Å². The summed E-state index contributed by atoms with van der Waals surface area (Å²) in [6.07, 6.45) is 16.1. The van der Waals surface area contributed by atoms with Crippen LogP contribution in [0, 0.1) is 0 Å². The highest BCUT2D eigenvalue weighted by Gasteiger charge is 2.04. The second-order valence-corrected chi connectivity index (χ2v) is 9.42. The van der Waals surface area contributed by atoms with Gasteiger partial charge in [0.2, 0.25) is 0 Å². The Morgan fingerprint density at radius 2 is 0.816 bits per heavy atom. The van der Waals surface area contributed by atoms with Crippen molar-refractivity contribution in [3.63, 3.8) is 0 Å². The highest BCUT2D eigenvalue weighted by molar-refractivity contribution is 5.69. The van der Waals surface area contributed by atoms with Gasteiger partial charge in [-0.05, 0) is 19.3 Å². The van der Waals surface area contributed by atoms with E-state index in [4.69, 9.17) is 33.5 Å². The van der Waals surface area contributed by atoms with E-state index < -0.39 is 5.97 Å². The lowest BCUT2D eigenvalue weighted by Gasteiger charge is -2.08. The molecule has 0 aromatic rings. The largest absolute Gasteiger partial charge is 0.481 e. The van der Waals surface area contributed by atoms with Gasteiger partial charge in [0, 0.05) is 19.4 Å². The summed E-state index contributed by atoms with van der Waals surface area (Å²) in [4.78, 5) is 21.8. The maximum absolute atomic E-state index is 11.5. The zero-order valence-corrected chi connectivity index (χ0v) is 24.1. The first kappa shape index (κ1) is 36.7. The Morgan fingerprint density at radius 1 is 0.447 bits per heavy atom.